The summed E-state index contributed by atoms with van der Waals surface area (Å²) in [5.74, 6) is 0.155. The van der Waals surface area contributed by atoms with Crippen LogP contribution in [0.3, 0.4) is 0 Å². The van der Waals surface area contributed by atoms with E-state index in [0.29, 0.717) is 0 Å². The first-order valence-corrected chi connectivity index (χ1v) is 8.85. The zero-order valence-electron chi connectivity index (χ0n) is 12.0. The molecule has 0 fully saturated rings. The molecule has 0 radical (unpaired) electrons. The third-order valence-corrected chi connectivity index (χ3v) is 6.59. The van der Waals surface area contributed by atoms with E-state index in [4.69, 9.17) is 0 Å². The number of hydrogen-bond donors (Lipinski definition) is 0. The van der Waals surface area contributed by atoms with Crippen molar-refractivity contribution in [3.63, 3.8) is 0 Å². The van der Waals surface area contributed by atoms with Gasteiger partial charge in [-0.05, 0) is 51.2 Å². The highest BCUT2D eigenvalue weighted by molar-refractivity contribution is 9.09. The van der Waals surface area contributed by atoms with Crippen molar-refractivity contribution < 1.29 is 4.79 Å². The molecule has 0 aliphatic heterocycles. The van der Waals surface area contributed by atoms with Gasteiger partial charge in [-0.15, -0.1) is 11.3 Å². The molecule has 1 heterocycles. The quantitative estimate of drug-likeness (QED) is 0.593. The van der Waals surface area contributed by atoms with Crippen molar-refractivity contribution in [2.75, 3.05) is 12.4 Å². The monoisotopic (exact) mass is 343 g/mol. The molecule has 0 spiro atoms. The van der Waals surface area contributed by atoms with Gasteiger partial charge in [-0.2, -0.15) is 0 Å². The number of halogens is 1. The van der Waals surface area contributed by atoms with E-state index in [-0.39, 0.29) is 11.4 Å². The second-order valence-corrected chi connectivity index (χ2v) is 7.63. The smallest absolute Gasteiger partial charge is 0.264 e. The standard InChI is InChI=1S/C15H22BrNOS/c1-15(2,10-16)17(3)14(18)13-9-11-7-5-4-6-8-12(11)19-13/h9H,4-8,10H2,1-3H3. The number of hydrogen-bond acceptors (Lipinski definition) is 2. The molecule has 0 aromatic carbocycles. The Kier molecular flexibility index (Phi) is 4.72. The second kappa shape index (κ2) is 5.96. The Morgan fingerprint density at radius 2 is 2.05 bits per heavy atom. The molecule has 0 bridgehead atoms. The molecule has 0 atom stereocenters. The molecular weight excluding hydrogens is 322 g/mol. The van der Waals surface area contributed by atoms with Gasteiger partial charge < -0.3 is 4.90 Å². The number of aryl methyl sites for hydroxylation is 2. The van der Waals surface area contributed by atoms with Crippen LogP contribution in [0.2, 0.25) is 0 Å². The Morgan fingerprint density at radius 3 is 2.74 bits per heavy atom. The van der Waals surface area contributed by atoms with Crippen LogP contribution in [0.5, 0.6) is 0 Å². The maximum Gasteiger partial charge on any atom is 0.264 e. The maximum absolute atomic E-state index is 12.6. The summed E-state index contributed by atoms with van der Waals surface area (Å²) in [4.78, 5) is 16.8. The lowest BCUT2D eigenvalue weighted by Crippen LogP contribution is -2.46. The maximum atomic E-state index is 12.6. The van der Waals surface area contributed by atoms with E-state index < -0.39 is 0 Å². The number of alkyl halides is 1. The fraction of sp³-hybridized carbons (Fsp3) is 0.667. The average molecular weight is 344 g/mol. The molecule has 1 aromatic rings. The van der Waals surface area contributed by atoms with Crippen LogP contribution in [-0.4, -0.2) is 28.7 Å². The van der Waals surface area contributed by atoms with Crippen molar-refractivity contribution in [2.45, 2.75) is 51.5 Å². The molecule has 0 saturated carbocycles. The number of fused-ring (bicyclic) bond motifs is 1. The Balaban J connectivity index is 2.21. The predicted molar refractivity (Wildman–Crippen MR) is 85.5 cm³/mol. The highest BCUT2D eigenvalue weighted by Crippen LogP contribution is 2.30. The number of amides is 1. The third-order valence-electron chi connectivity index (χ3n) is 4.00. The van der Waals surface area contributed by atoms with Gasteiger partial charge in [-0.1, -0.05) is 22.4 Å². The number of carbonyl (C=O) groups excluding carboxylic acids is 1. The first kappa shape index (κ1) is 15.0. The van der Waals surface area contributed by atoms with Crippen LogP contribution in [0.4, 0.5) is 0 Å². The molecule has 106 valence electrons. The summed E-state index contributed by atoms with van der Waals surface area (Å²) in [5.41, 5.74) is 1.26. The van der Waals surface area contributed by atoms with Gasteiger partial charge in [0, 0.05) is 22.8 Å². The molecule has 4 heteroatoms. The Morgan fingerprint density at radius 1 is 1.37 bits per heavy atom. The molecular formula is C15H22BrNOS. The van der Waals surface area contributed by atoms with E-state index in [1.165, 1.54) is 29.7 Å². The van der Waals surface area contributed by atoms with Crippen molar-refractivity contribution in [1.82, 2.24) is 4.90 Å². The molecule has 0 saturated heterocycles. The van der Waals surface area contributed by atoms with Crippen LogP contribution in [0, 0.1) is 0 Å². The van der Waals surface area contributed by atoms with Gasteiger partial charge in [0.1, 0.15) is 0 Å². The van der Waals surface area contributed by atoms with Crippen LogP contribution >= 0.6 is 27.3 Å². The van der Waals surface area contributed by atoms with Crippen molar-refractivity contribution in [3.8, 4) is 0 Å². The highest BCUT2D eigenvalue weighted by atomic mass is 79.9. The zero-order chi connectivity index (χ0) is 14.0. The second-order valence-electron chi connectivity index (χ2n) is 5.93. The molecule has 2 nitrogen and oxygen atoms in total. The van der Waals surface area contributed by atoms with Gasteiger partial charge in [0.05, 0.1) is 4.88 Å². The number of carbonyl (C=O) groups is 1. The van der Waals surface area contributed by atoms with Gasteiger partial charge in [0.25, 0.3) is 5.91 Å². The summed E-state index contributed by atoms with van der Waals surface area (Å²) in [7, 11) is 1.90. The minimum atomic E-state index is -0.154. The number of rotatable bonds is 3. The minimum absolute atomic E-state index is 0.154. The molecule has 0 unspecified atom stereocenters. The molecule has 2 rings (SSSR count). The fourth-order valence-corrected chi connectivity index (χ4v) is 3.91. The van der Waals surface area contributed by atoms with Crippen LogP contribution in [-0.2, 0) is 12.8 Å². The first-order chi connectivity index (χ1) is 8.95. The van der Waals surface area contributed by atoms with Crippen molar-refractivity contribution in [2.24, 2.45) is 0 Å². The van der Waals surface area contributed by atoms with Crippen LogP contribution < -0.4 is 0 Å². The van der Waals surface area contributed by atoms with Crippen molar-refractivity contribution in [1.29, 1.82) is 0 Å². The van der Waals surface area contributed by atoms with Gasteiger partial charge in [-0.25, -0.2) is 0 Å². The van der Waals surface area contributed by atoms with E-state index in [0.717, 1.165) is 23.0 Å². The summed E-state index contributed by atoms with van der Waals surface area (Å²) in [6.07, 6.45) is 6.15. The minimum Gasteiger partial charge on any atom is -0.335 e. The Hall–Kier alpha value is -0.350. The lowest BCUT2D eigenvalue weighted by Gasteiger charge is -2.33. The number of thiophene rings is 1. The lowest BCUT2D eigenvalue weighted by molar-refractivity contribution is 0.0668. The van der Waals surface area contributed by atoms with Crippen molar-refractivity contribution >= 4 is 33.2 Å². The molecule has 1 aliphatic carbocycles. The topological polar surface area (TPSA) is 20.3 Å². The molecule has 1 aliphatic rings. The van der Waals surface area contributed by atoms with Crippen LogP contribution in [0.15, 0.2) is 6.07 Å². The first-order valence-electron chi connectivity index (χ1n) is 6.91. The summed E-state index contributed by atoms with van der Waals surface area (Å²) >= 11 is 5.19. The average Bonchev–Trinajstić information content (AvgIpc) is 2.68. The zero-order valence-corrected chi connectivity index (χ0v) is 14.4. The van der Waals surface area contributed by atoms with E-state index in [1.807, 2.05) is 11.9 Å². The van der Waals surface area contributed by atoms with Crippen LogP contribution in [0.25, 0.3) is 0 Å². The highest BCUT2D eigenvalue weighted by Gasteiger charge is 2.28. The van der Waals surface area contributed by atoms with Crippen molar-refractivity contribution in [3.05, 3.63) is 21.4 Å². The van der Waals surface area contributed by atoms with Gasteiger partial charge >= 0.3 is 0 Å². The van der Waals surface area contributed by atoms with E-state index in [1.54, 1.807) is 11.3 Å². The molecule has 1 aromatic heterocycles. The summed E-state index contributed by atoms with van der Waals surface area (Å²) in [5, 5.41) is 0.785. The van der Waals surface area contributed by atoms with E-state index in [2.05, 4.69) is 35.8 Å². The van der Waals surface area contributed by atoms with Crippen LogP contribution in [0.1, 0.15) is 53.2 Å². The normalized spacial score (nSPS) is 15.8. The Bertz CT molecular complexity index is 443. The molecule has 19 heavy (non-hydrogen) atoms. The van der Waals surface area contributed by atoms with Gasteiger partial charge in [0.2, 0.25) is 0 Å². The summed E-state index contributed by atoms with van der Waals surface area (Å²) in [6, 6.07) is 2.13. The lowest BCUT2D eigenvalue weighted by atomic mass is 10.1. The molecule has 1 amide bonds. The summed E-state index contributed by atoms with van der Waals surface area (Å²) < 4.78 is 0. The van der Waals surface area contributed by atoms with Gasteiger partial charge in [-0.3, -0.25) is 4.79 Å². The Labute approximate surface area is 128 Å². The fourth-order valence-electron chi connectivity index (χ4n) is 2.30. The van der Waals surface area contributed by atoms with E-state index >= 15 is 0 Å². The number of nitrogens with zero attached hydrogens (tertiary/aromatic N) is 1. The predicted octanol–water partition coefficient (Wildman–Crippen LogP) is 4.26. The SMILES string of the molecule is CN(C(=O)c1cc2c(s1)CCCCC2)C(C)(C)CBr. The third kappa shape index (κ3) is 3.22. The molecule has 0 N–H and O–H groups in total. The summed E-state index contributed by atoms with van der Waals surface area (Å²) in [6.45, 7) is 4.16. The van der Waals surface area contributed by atoms with E-state index in [9.17, 15) is 4.79 Å². The van der Waals surface area contributed by atoms with Gasteiger partial charge in [0.15, 0.2) is 0 Å². The largest absolute Gasteiger partial charge is 0.335 e.